The summed E-state index contributed by atoms with van der Waals surface area (Å²) < 4.78 is 5.32. The van der Waals surface area contributed by atoms with Crippen molar-refractivity contribution in [3.63, 3.8) is 0 Å². The molecule has 16 heavy (non-hydrogen) atoms. The number of ether oxygens (including phenoxy) is 1. The fraction of sp³-hybridized carbons (Fsp3) is 0.917. The Morgan fingerprint density at radius 2 is 2.12 bits per heavy atom. The highest BCUT2D eigenvalue weighted by Gasteiger charge is 2.45. The molecule has 0 radical (unpaired) electrons. The molecular weight excluding hydrogens is 206 g/mol. The Balaban J connectivity index is 1.64. The zero-order valence-corrected chi connectivity index (χ0v) is 9.89. The molecule has 1 aliphatic carbocycles. The number of nitrogens with zero attached hydrogens (tertiary/aromatic N) is 1. The summed E-state index contributed by atoms with van der Waals surface area (Å²) in [5, 5.41) is 8.85. The molecule has 0 aromatic carbocycles. The largest absolute Gasteiger partial charge is 0.481 e. The summed E-state index contributed by atoms with van der Waals surface area (Å²) >= 11 is 0. The Morgan fingerprint density at radius 3 is 2.69 bits per heavy atom. The summed E-state index contributed by atoms with van der Waals surface area (Å²) in [6.07, 6.45) is 4.35. The SMILES string of the molecule is CN(CCC1CCOCC1)C1CC1C(=O)O. The van der Waals surface area contributed by atoms with E-state index in [2.05, 4.69) is 4.90 Å². The summed E-state index contributed by atoms with van der Waals surface area (Å²) in [7, 11) is 2.05. The highest BCUT2D eigenvalue weighted by Crippen LogP contribution is 2.35. The molecule has 1 heterocycles. The summed E-state index contributed by atoms with van der Waals surface area (Å²) in [5.41, 5.74) is 0. The normalized spacial score (nSPS) is 30.6. The molecule has 4 nitrogen and oxygen atoms in total. The topological polar surface area (TPSA) is 49.8 Å². The summed E-state index contributed by atoms with van der Waals surface area (Å²) in [4.78, 5) is 13.0. The number of hydrogen-bond donors (Lipinski definition) is 1. The zero-order valence-electron chi connectivity index (χ0n) is 9.89. The fourth-order valence-corrected chi connectivity index (χ4v) is 2.52. The molecular formula is C12H21NO3. The molecule has 1 saturated carbocycles. The first-order valence-corrected chi connectivity index (χ1v) is 6.19. The van der Waals surface area contributed by atoms with Crippen molar-refractivity contribution in [2.75, 3.05) is 26.8 Å². The van der Waals surface area contributed by atoms with Gasteiger partial charge in [0.2, 0.25) is 0 Å². The van der Waals surface area contributed by atoms with Crippen molar-refractivity contribution in [1.82, 2.24) is 4.90 Å². The second-order valence-electron chi connectivity index (χ2n) is 5.07. The van der Waals surface area contributed by atoms with Crippen LogP contribution in [0.5, 0.6) is 0 Å². The van der Waals surface area contributed by atoms with Gasteiger partial charge in [-0.2, -0.15) is 0 Å². The summed E-state index contributed by atoms with van der Waals surface area (Å²) in [5.74, 6) is 0.0285. The molecule has 92 valence electrons. The Morgan fingerprint density at radius 1 is 1.44 bits per heavy atom. The molecule has 0 spiro atoms. The first-order chi connectivity index (χ1) is 7.68. The van der Waals surface area contributed by atoms with Gasteiger partial charge < -0.3 is 14.7 Å². The van der Waals surface area contributed by atoms with Crippen LogP contribution in [-0.2, 0) is 9.53 Å². The Labute approximate surface area is 96.6 Å². The van der Waals surface area contributed by atoms with Crippen LogP contribution in [-0.4, -0.2) is 48.8 Å². The average molecular weight is 227 g/mol. The predicted molar refractivity (Wildman–Crippen MR) is 60.3 cm³/mol. The number of aliphatic carboxylic acids is 1. The third-order valence-electron chi connectivity index (χ3n) is 3.87. The van der Waals surface area contributed by atoms with Crippen LogP contribution in [0, 0.1) is 11.8 Å². The average Bonchev–Trinajstić information content (AvgIpc) is 3.07. The monoisotopic (exact) mass is 227 g/mol. The van der Waals surface area contributed by atoms with Crippen molar-refractivity contribution in [1.29, 1.82) is 0 Å². The van der Waals surface area contributed by atoms with E-state index in [-0.39, 0.29) is 12.0 Å². The minimum absolute atomic E-state index is 0.111. The molecule has 0 amide bonds. The summed E-state index contributed by atoms with van der Waals surface area (Å²) in [6.45, 7) is 2.82. The van der Waals surface area contributed by atoms with Crippen LogP contribution in [0.25, 0.3) is 0 Å². The minimum Gasteiger partial charge on any atom is -0.481 e. The van der Waals surface area contributed by atoms with Gasteiger partial charge >= 0.3 is 5.97 Å². The van der Waals surface area contributed by atoms with Crippen LogP contribution in [0.3, 0.4) is 0 Å². The number of rotatable bonds is 5. The van der Waals surface area contributed by atoms with Crippen LogP contribution < -0.4 is 0 Å². The Bertz CT molecular complexity index is 251. The minimum atomic E-state index is -0.636. The smallest absolute Gasteiger partial charge is 0.308 e. The van der Waals surface area contributed by atoms with Gasteiger partial charge in [-0.1, -0.05) is 0 Å². The second kappa shape index (κ2) is 5.15. The first kappa shape index (κ1) is 11.9. The highest BCUT2D eigenvalue weighted by atomic mass is 16.5. The van der Waals surface area contributed by atoms with Gasteiger partial charge in [-0.3, -0.25) is 4.79 Å². The third kappa shape index (κ3) is 2.95. The lowest BCUT2D eigenvalue weighted by molar-refractivity contribution is -0.138. The van der Waals surface area contributed by atoms with E-state index in [4.69, 9.17) is 9.84 Å². The van der Waals surface area contributed by atoms with Gasteiger partial charge in [-0.15, -0.1) is 0 Å². The molecule has 1 saturated heterocycles. The molecule has 2 rings (SSSR count). The molecule has 2 aliphatic rings. The highest BCUT2D eigenvalue weighted by molar-refractivity contribution is 5.74. The van der Waals surface area contributed by atoms with E-state index in [1.165, 1.54) is 19.3 Å². The maximum absolute atomic E-state index is 10.7. The second-order valence-corrected chi connectivity index (χ2v) is 5.07. The number of carbonyl (C=O) groups is 1. The van der Waals surface area contributed by atoms with Gasteiger partial charge in [-0.25, -0.2) is 0 Å². The molecule has 0 aromatic rings. The maximum atomic E-state index is 10.7. The van der Waals surface area contributed by atoms with E-state index < -0.39 is 5.97 Å². The van der Waals surface area contributed by atoms with Crippen LogP contribution in [0.1, 0.15) is 25.7 Å². The number of carboxylic acids is 1. The van der Waals surface area contributed by atoms with Crippen molar-refractivity contribution in [2.24, 2.45) is 11.8 Å². The molecule has 0 bridgehead atoms. The van der Waals surface area contributed by atoms with Gasteiger partial charge in [-0.05, 0) is 45.2 Å². The van der Waals surface area contributed by atoms with E-state index >= 15 is 0 Å². The molecule has 2 atom stereocenters. The van der Waals surface area contributed by atoms with Crippen molar-refractivity contribution >= 4 is 5.97 Å². The van der Waals surface area contributed by atoms with Gasteiger partial charge in [0.05, 0.1) is 5.92 Å². The van der Waals surface area contributed by atoms with E-state index in [1.54, 1.807) is 0 Å². The predicted octanol–water partition coefficient (Wildman–Crippen LogP) is 1.21. The van der Waals surface area contributed by atoms with Crippen molar-refractivity contribution < 1.29 is 14.6 Å². The van der Waals surface area contributed by atoms with Crippen molar-refractivity contribution in [3.8, 4) is 0 Å². The van der Waals surface area contributed by atoms with Crippen molar-refractivity contribution in [2.45, 2.75) is 31.7 Å². The molecule has 0 aromatic heterocycles. The van der Waals surface area contributed by atoms with Crippen LogP contribution in [0.4, 0.5) is 0 Å². The van der Waals surface area contributed by atoms with Crippen LogP contribution in [0.2, 0.25) is 0 Å². The molecule has 4 heteroatoms. The number of carboxylic acid groups (broad SMARTS) is 1. The van der Waals surface area contributed by atoms with Crippen LogP contribution >= 0.6 is 0 Å². The van der Waals surface area contributed by atoms with Gasteiger partial charge in [0.15, 0.2) is 0 Å². The van der Waals surface area contributed by atoms with Gasteiger partial charge in [0.25, 0.3) is 0 Å². The lowest BCUT2D eigenvalue weighted by atomic mass is 9.96. The van der Waals surface area contributed by atoms with E-state index in [9.17, 15) is 4.79 Å². The maximum Gasteiger partial charge on any atom is 0.308 e. The van der Waals surface area contributed by atoms with E-state index in [0.29, 0.717) is 0 Å². The fourth-order valence-electron chi connectivity index (χ4n) is 2.52. The van der Waals surface area contributed by atoms with Gasteiger partial charge in [0.1, 0.15) is 0 Å². The van der Waals surface area contributed by atoms with Gasteiger partial charge in [0, 0.05) is 19.3 Å². The quantitative estimate of drug-likeness (QED) is 0.767. The molecule has 1 aliphatic heterocycles. The zero-order chi connectivity index (χ0) is 11.5. The van der Waals surface area contributed by atoms with Crippen LogP contribution in [0.15, 0.2) is 0 Å². The molecule has 2 unspecified atom stereocenters. The third-order valence-corrected chi connectivity index (χ3v) is 3.87. The Hall–Kier alpha value is -0.610. The lowest BCUT2D eigenvalue weighted by Crippen LogP contribution is -2.28. The molecule has 2 fully saturated rings. The van der Waals surface area contributed by atoms with E-state index in [1.807, 2.05) is 7.05 Å². The standard InChI is InChI=1S/C12H21NO3/c1-13(11-8-10(11)12(14)15)5-2-9-3-6-16-7-4-9/h9-11H,2-8H2,1H3,(H,14,15). The lowest BCUT2D eigenvalue weighted by Gasteiger charge is -2.24. The van der Waals surface area contributed by atoms with Crippen molar-refractivity contribution in [3.05, 3.63) is 0 Å². The summed E-state index contributed by atoms with van der Waals surface area (Å²) in [6, 6.07) is 0.289. The number of hydrogen-bond acceptors (Lipinski definition) is 3. The Kier molecular flexibility index (Phi) is 3.82. The van der Waals surface area contributed by atoms with E-state index in [0.717, 1.165) is 32.1 Å². The molecule has 1 N–H and O–H groups in total. The first-order valence-electron chi connectivity index (χ1n) is 6.19.